The van der Waals surface area contributed by atoms with E-state index in [1.165, 1.54) is 22.3 Å². The fourth-order valence-corrected chi connectivity index (χ4v) is 2.16. The molecule has 1 nitrogen and oxygen atoms in total. The summed E-state index contributed by atoms with van der Waals surface area (Å²) in [5.74, 6) is 0. The van der Waals surface area contributed by atoms with Gasteiger partial charge in [-0.1, -0.05) is 59.7 Å². The van der Waals surface area contributed by atoms with E-state index in [9.17, 15) is 0 Å². The van der Waals surface area contributed by atoms with E-state index in [2.05, 4.69) is 67.7 Å². The van der Waals surface area contributed by atoms with Crippen LogP contribution < -0.4 is 5.32 Å². The van der Waals surface area contributed by atoms with Gasteiger partial charge in [-0.25, -0.2) is 0 Å². The van der Waals surface area contributed by atoms with Gasteiger partial charge in [-0.15, -0.1) is 0 Å². The monoisotopic (exact) mass is 239 g/mol. The van der Waals surface area contributed by atoms with Gasteiger partial charge in [0.1, 0.15) is 0 Å². The van der Waals surface area contributed by atoms with Crippen molar-refractivity contribution >= 4 is 0 Å². The molecule has 1 N–H and O–H groups in total. The Hall–Kier alpha value is -1.60. The average Bonchev–Trinajstić information content (AvgIpc) is 2.35. The van der Waals surface area contributed by atoms with E-state index in [0.29, 0.717) is 0 Å². The summed E-state index contributed by atoms with van der Waals surface area (Å²) in [7, 11) is 0. The first-order valence-electron chi connectivity index (χ1n) is 6.56. The van der Waals surface area contributed by atoms with Crippen LogP contribution in [0.2, 0.25) is 0 Å². The molecule has 0 aliphatic carbocycles. The molecule has 0 saturated carbocycles. The van der Waals surface area contributed by atoms with Crippen LogP contribution in [0, 0.1) is 13.8 Å². The highest BCUT2D eigenvalue weighted by atomic mass is 14.8. The van der Waals surface area contributed by atoms with Crippen LogP contribution >= 0.6 is 0 Å². The van der Waals surface area contributed by atoms with E-state index in [-0.39, 0.29) is 0 Å². The van der Waals surface area contributed by atoms with Crippen molar-refractivity contribution in [2.24, 2.45) is 0 Å². The van der Waals surface area contributed by atoms with Crippen molar-refractivity contribution in [3.8, 4) is 0 Å². The molecule has 18 heavy (non-hydrogen) atoms. The van der Waals surface area contributed by atoms with Crippen molar-refractivity contribution in [2.75, 3.05) is 6.54 Å². The standard InChI is InChI=1S/C17H21N/c1-14-5-3-7-16(11-14)9-10-18-13-17-8-4-6-15(2)12-17/h3-8,11-12,18H,9-10,13H2,1-2H3. The molecule has 1 heteroatoms. The molecule has 0 bridgehead atoms. The number of nitrogens with one attached hydrogen (secondary N) is 1. The Morgan fingerprint density at radius 1 is 0.833 bits per heavy atom. The second-order valence-corrected chi connectivity index (χ2v) is 4.90. The third-order valence-corrected chi connectivity index (χ3v) is 3.08. The molecule has 0 fully saturated rings. The van der Waals surface area contributed by atoms with E-state index in [4.69, 9.17) is 0 Å². The molecule has 94 valence electrons. The van der Waals surface area contributed by atoms with Crippen molar-refractivity contribution in [1.29, 1.82) is 0 Å². The lowest BCUT2D eigenvalue weighted by molar-refractivity contribution is 0.686. The van der Waals surface area contributed by atoms with Gasteiger partial charge in [0, 0.05) is 6.54 Å². The topological polar surface area (TPSA) is 12.0 Å². The summed E-state index contributed by atoms with van der Waals surface area (Å²) in [6.45, 7) is 6.25. The maximum absolute atomic E-state index is 3.50. The van der Waals surface area contributed by atoms with E-state index < -0.39 is 0 Å². The quantitative estimate of drug-likeness (QED) is 0.786. The molecule has 0 unspecified atom stereocenters. The molecule has 0 saturated heterocycles. The first kappa shape index (κ1) is 12.8. The summed E-state index contributed by atoms with van der Waals surface area (Å²) in [6.07, 6.45) is 1.09. The Labute approximate surface area is 110 Å². The molecular weight excluding hydrogens is 218 g/mol. The summed E-state index contributed by atoms with van der Waals surface area (Å²) >= 11 is 0. The lowest BCUT2D eigenvalue weighted by Crippen LogP contribution is -2.16. The zero-order valence-corrected chi connectivity index (χ0v) is 11.2. The Balaban J connectivity index is 1.76. The van der Waals surface area contributed by atoms with Crippen LogP contribution in [0.5, 0.6) is 0 Å². The number of hydrogen-bond acceptors (Lipinski definition) is 1. The fraction of sp³-hybridized carbons (Fsp3) is 0.294. The summed E-state index contributed by atoms with van der Waals surface area (Å²) in [4.78, 5) is 0. The largest absolute Gasteiger partial charge is 0.312 e. The molecule has 0 radical (unpaired) electrons. The van der Waals surface area contributed by atoms with Crippen LogP contribution in [0.15, 0.2) is 48.5 Å². The highest BCUT2D eigenvalue weighted by Gasteiger charge is 1.95. The van der Waals surface area contributed by atoms with Crippen molar-refractivity contribution in [1.82, 2.24) is 5.32 Å². The minimum Gasteiger partial charge on any atom is -0.312 e. The first-order chi connectivity index (χ1) is 8.74. The summed E-state index contributed by atoms with van der Waals surface area (Å²) < 4.78 is 0. The maximum Gasteiger partial charge on any atom is 0.0205 e. The van der Waals surface area contributed by atoms with Crippen LogP contribution in [-0.4, -0.2) is 6.54 Å². The smallest absolute Gasteiger partial charge is 0.0205 e. The normalized spacial score (nSPS) is 10.6. The van der Waals surface area contributed by atoms with Gasteiger partial charge in [0.05, 0.1) is 0 Å². The second kappa shape index (κ2) is 6.36. The third-order valence-electron chi connectivity index (χ3n) is 3.08. The molecule has 0 atom stereocenters. The molecule has 0 aromatic heterocycles. The predicted octanol–water partition coefficient (Wildman–Crippen LogP) is 3.64. The molecule has 0 spiro atoms. The van der Waals surface area contributed by atoms with Gasteiger partial charge in [0.2, 0.25) is 0 Å². The predicted molar refractivity (Wildman–Crippen MR) is 77.8 cm³/mol. The summed E-state index contributed by atoms with van der Waals surface area (Å²) in [6, 6.07) is 17.4. The Bertz CT molecular complexity index is 455. The van der Waals surface area contributed by atoms with Gasteiger partial charge in [-0.05, 0) is 37.9 Å². The SMILES string of the molecule is Cc1cccc(CCNCc2cccc(C)c2)c1. The zero-order valence-electron chi connectivity index (χ0n) is 11.2. The van der Waals surface area contributed by atoms with E-state index in [1.54, 1.807) is 0 Å². The number of hydrogen-bond donors (Lipinski definition) is 1. The van der Waals surface area contributed by atoms with E-state index in [1.807, 2.05) is 0 Å². The molecule has 0 amide bonds. The van der Waals surface area contributed by atoms with Gasteiger partial charge < -0.3 is 5.32 Å². The summed E-state index contributed by atoms with van der Waals surface area (Å²) in [5, 5.41) is 3.50. The highest BCUT2D eigenvalue weighted by Crippen LogP contribution is 2.05. The first-order valence-corrected chi connectivity index (χ1v) is 6.56. The van der Waals surface area contributed by atoms with Crippen LogP contribution in [0.4, 0.5) is 0 Å². The number of aryl methyl sites for hydroxylation is 2. The number of rotatable bonds is 5. The van der Waals surface area contributed by atoms with Crippen molar-refractivity contribution < 1.29 is 0 Å². The lowest BCUT2D eigenvalue weighted by Gasteiger charge is -2.06. The molecular formula is C17H21N. The summed E-state index contributed by atoms with van der Waals surface area (Å²) in [5.41, 5.74) is 5.44. The van der Waals surface area contributed by atoms with Gasteiger partial charge in [-0.3, -0.25) is 0 Å². The van der Waals surface area contributed by atoms with Crippen LogP contribution in [0.25, 0.3) is 0 Å². The van der Waals surface area contributed by atoms with Gasteiger partial charge >= 0.3 is 0 Å². The third kappa shape index (κ3) is 4.01. The molecule has 0 aliphatic heterocycles. The van der Waals surface area contributed by atoms with Crippen molar-refractivity contribution in [2.45, 2.75) is 26.8 Å². The minimum absolute atomic E-state index is 0.952. The Morgan fingerprint density at radius 3 is 2.11 bits per heavy atom. The number of benzene rings is 2. The van der Waals surface area contributed by atoms with Crippen LogP contribution in [0.1, 0.15) is 22.3 Å². The molecule has 2 rings (SSSR count). The van der Waals surface area contributed by atoms with Gasteiger partial charge in [0.15, 0.2) is 0 Å². The average molecular weight is 239 g/mol. The van der Waals surface area contributed by atoms with Crippen molar-refractivity contribution in [3.05, 3.63) is 70.8 Å². The molecule has 0 aliphatic rings. The minimum atomic E-state index is 0.952. The van der Waals surface area contributed by atoms with Crippen LogP contribution in [0.3, 0.4) is 0 Å². The van der Waals surface area contributed by atoms with Gasteiger partial charge in [0.25, 0.3) is 0 Å². The molecule has 2 aromatic rings. The zero-order chi connectivity index (χ0) is 12.8. The second-order valence-electron chi connectivity index (χ2n) is 4.90. The van der Waals surface area contributed by atoms with Crippen LogP contribution in [-0.2, 0) is 13.0 Å². The molecule has 2 aromatic carbocycles. The fourth-order valence-electron chi connectivity index (χ4n) is 2.16. The molecule has 0 heterocycles. The Morgan fingerprint density at radius 2 is 1.44 bits per heavy atom. The lowest BCUT2D eigenvalue weighted by atomic mass is 10.1. The highest BCUT2D eigenvalue weighted by molar-refractivity contribution is 5.23. The van der Waals surface area contributed by atoms with E-state index in [0.717, 1.165) is 19.5 Å². The van der Waals surface area contributed by atoms with E-state index >= 15 is 0 Å². The van der Waals surface area contributed by atoms with Crippen molar-refractivity contribution in [3.63, 3.8) is 0 Å². The maximum atomic E-state index is 3.50. The van der Waals surface area contributed by atoms with Gasteiger partial charge in [-0.2, -0.15) is 0 Å². The Kier molecular flexibility index (Phi) is 4.54.